The summed E-state index contributed by atoms with van der Waals surface area (Å²) in [5.41, 5.74) is 6.54. The Labute approximate surface area is 171 Å². The highest BCUT2D eigenvalue weighted by Crippen LogP contribution is 2.32. The maximum atomic E-state index is 12.6. The molecule has 3 N–H and O–H groups in total. The standard InChI is InChI=1S/C20H18ClN5O3/c1-20(10-17(27)26(2)19(22)25-20)16-9-13(5-6-23-16)24-18(28)15-8-11-7-12(21)3-4-14(11)29-15/h3-9H,10H2,1-2H3,(H2,22,25)(H,23,24,28). The Morgan fingerprint density at radius 2 is 2.10 bits per heavy atom. The quantitative estimate of drug-likeness (QED) is 0.687. The van der Waals surface area contributed by atoms with Crippen LogP contribution in [-0.4, -0.2) is 34.7 Å². The fourth-order valence-electron chi connectivity index (χ4n) is 3.18. The Hall–Kier alpha value is -3.39. The molecule has 1 aliphatic rings. The second-order valence-corrected chi connectivity index (χ2v) is 7.49. The molecule has 0 spiro atoms. The lowest BCUT2D eigenvalue weighted by Gasteiger charge is -2.32. The number of nitrogens with zero attached hydrogens (tertiary/aromatic N) is 3. The number of fused-ring (bicyclic) bond motifs is 1. The van der Waals surface area contributed by atoms with Gasteiger partial charge in [-0.15, -0.1) is 0 Å². The third-order valence-corrected chi connectivity index (χ3v) is 5.08. The van der Waals surface area contributed by atoms with Crippen molar-refractivity contribution in [2.45, 2.75) is 18.9 Å². The highest BCUT2D eigenvalue weighted by Gasteiger charge is 2.37. The van der Waals surface area contributed by atoms with Crippen molar-refractivity contribution in [2.75, 3.05) is 12.4 Å². The summed E-state index contributed by atoms with van der Waals surface area (Å²) in [6.45, 7) is 1.78. The molecule has 0 aliphatic carbocycles. The lowest BCUT2D eigenvalue weighted by Crippen LogP contribution is -2.47. The Balaban J connectivity index is 1.60. The second kappa shape index (κ2) is 6.89. The number of amides is 2. The zero-order valence-corrected chi connectivity index (χ0v) is 16.5. The SMILES string of the molecule is CN1C(=O)CC(C)(c2cc(NC(=O)c3cc4cc(Cl)ccc4o3)ccn2)N=C1N. The Kier molecular flexibility index (Phi) is 4.50. The number of hydrogen-bond donors (Lipinski definition) is 2. The first-order chi connectivity index (χ1) is 13.7. The summed E-state index contributed by atoms with van der Waals surface area (Å²) in [7, 11) is 1.57. The molecule has 1 aromatic carbocycles. The third-order valence-electron chi connectivity index (χ3n) is 4.85. The average Bonchev–Trinajstić information content (AvgIpc) is 3.09. The van der Waals surface area contributed by atoms with E-state index in [1.165, 1.54) is 4.90 Å². The van der Waals surface area contributed by atoms with E-state index in [1.807, 2.05) is 0 Å². The number of anilines is 1. The van der Waals surface area contributed by atoms with Gasteiger partial charge in [0, 0.05) is 29.3 Å². The Bertz CT molecular complexity index is 1170. The van der Waals surface area contributed by atoms with Crippen molar-refractivity contribution in [3.63, 3.8) is 0 Å². The molecule has 1 atom stereocenters. The van der Waals surface area contributed by atoms with Gasteiger partial charge in [-0.05, 0) is 43.3 Å². The summed E-state index contributed by atoms with van der Waals surface area (Å²) in [5, 5.41) is 4.08. The van der Waals surface area contributed by atoms with Gasteiger partial charge in [-0.3, -0.25) is 19.5 Å². The molecule has 0 saturated heterocycles. The molecular weight excluding hydrogens is 394 g/mol. The number of halogens is 1. The third kappa shape index (κ3) is 3.54. The van der Waals surface area contributed by atoms with Crippen LogP contribution in [0.2, 0.25) is 5.02 Å². The Morgan fingerprint density at radius 1 is 1.31 bits per heavy atom. The minimum absolute atomic E-state index is 0.124. The van der Waals surface area contributed by atoms with E-state index < -0.39 is 11.4 Å². The molecule has 3 aromatic rings. The first kappa shape index (κ1) is 18.9. The largest absolute Gasteiger partial charge is 0.451 e. The predicted octanol–water partition coefficient (Wildman–Crippen LogP) is 3.13. The summed E-state index contributed by atoms with van der Waals surface area (Å²) in [5.74, 6) is -0.288. The molecule has 8 nitrogen and oxygen atoms in total. The van der Waals surface area contributed by atoms with Crippen LogP contribution >= 0.6 is 11.6 Å². The number of pyridine rings is 1. The van der Waals surface area contributed by atoms with Crippen LogP contribution in [0, 0.1) is 0 Å². The molecule has 0 saturated carbocycles. The highest BCUT2D eigenvalue weighted by atomic mass is 35.5. The normalized spacial score (nSPS) is 19.3. The van der Waals surface area contributed by atoms with E-state index in [0.717, 1.165) is 5.39 Å². The zero-order valence-electron chi connectivity index (χ0n) is 15.8. The molecule has 2 aromatic heterocycles. The van der Waals surface area contributed by atoms with E-state index >= 15 is 0 Å². The molecule has 9 heteroatoms. The maximum absolute atomic E-state index is 12.6. The van der Waals surface area contributed by atoms with Crippen molar-refractivity contribution >= 4 is 46.0 Å². The highest BCUT2D eigenvalue weighted by molar-refractivity contribution is 6.31. The summed E-state index contributed by atoms with van der Waals surface area (Å²) in [6.07, 6.45) is 1.67. The van der Waals surface area contributed by atoms with Gasteiger partial charge in [-0.1, -0.05) is 11.6 Å². The fourth-order valence-corrected chi connectivity index (χ4v) is 3.36. The molecule has 1 aliphatic heterocycles. The molecule has 0 radical (unpaired) electrons. The first-order valence-electron chi connectivity index (χ1n) is 8.84. The number of furan rings is 1. The molecule has 2 amide bonds. The summed E-state index contributed by atoms with van der Waals surface area (Å²) >= 11 is 5.98. The van der Waals surface area contributed by atoms with Crippen LogP contribution in [0.1, 0.15) is 29.6 Å². The van der Waals surface area contributed by atoms with Crippen LogP contribution in [0.3, 0.4) is 0 Å². The molecule has 1 unspecified atom stereocenters. The van der Waals surface area contributed by atoms with E-state index in [4.69, 9.17) is 21.8 Å². The van der Waals surface area contributed by atoms with Crippen molar-refractivity contribution < 1.29 is 14.0 Å². The predicted molar refractivity (Wildman–Crippen MR) is 110 cm³/mol. The monoisotopic (exact) mass is 411 g/mol. The average molecular weight is 412 g/mol. The fraction of sp³-hybridized carbons (Fsp3) is 0.200. The number of guanidine groups is 1. The summed E-state index contributed by atoms with van der Waals surface area (Å²) in [4.78, 5) is 34.9. The van der Waals surface area contributed by atoms with Crippen LogP contribution in [0.4, 0.5) is 5.69 Å². The molecule has 148 valence electrons. The van der Waals surface area contributed by atoms with Gasteiger partial charge in [0.1, 0.15) is 11.1 Å². The minimum atomic E-state index is -0.912. The number of carbonyl (C=O) groups excluding carboxylic acids is 2. The van der Waals surface area contributed by atoms with Gasteiger partial charge < -0.3 is 15.5 Å². The van der Waals surface area contributed by atoms with Gasteiger partial charge in [0.15, 0.2) is 11.7 Å². The van der Waals surface area contributed by atoms with Crippen LogP contribution in [0.25, 0.3) is 11.0 Å². The van der Waals surface area contributed by atoms with E-state index in [0.29, 0.717) is 22.0 Å². The van der Waals surface area contributed by atoms with Crippen molar-refractivity contribution in [1.82, 2.24) is 9.88 Å². The lowest BCUT2D eigenvalue weighted by molar-refractivity contribution is -0.128. The molecule has 3 heterocycles. The number of benzene rings is 1. The van der Waals surface area contributed by atoms with Gasteiger partial charge in [0.2, 0.25) is 5.91 Å². The van der Waals surface area contributed by atoms with Crippen molar-refractivity contribution in [3.05, 3.63) is 59.1 Å². The van der Waals surface area contributed by atoms with Crippen molar-refractivity contribution in [1.29, 1.82) is 0 Å². The number of nitrogens with two attached hydrogens (primary N) is 1. The number of aliphatic imine (C=N–C) groups is 1. The van der Waals surface area contributed by atoms with E-state index in [2.05, 4.69) is 15.3 Å². The number of rotatable bonds is 3. The van der Waals surface area contributed by atoms with Crippen LogP contribution in [-0.2, 0) is 10.3 Å². The maximum Gasteiger partial charge on any atom is 0.291 e. The molecular formula is C20H18ClN5O3. The van der Waals surface area contributed by atoms with E-state index in [-0.39, 0.29) is 24.0 Å². The first-order valence-corrected chi connectivity index (χ1v) is 9.22. The second-order valence-electron chi connectivity index (χ2n) is 7.05. The van der Waals surface area contributed by atoms with Gasteiger partial charge in [-0.25, -0.2) is 4.99 Å². The molecule has 4 rings (SSSR count). The molecule has 29 heavy (non-hydrogen) atoms. The van der Waals surface area contributed by atoms with Gasteiger partial charge in [0.25, 0.3) is 5.91 Å². The van der Waals surface area contributed by atoms with Crippen molar-refractivity contribution in [2.24, 2.45) is 10.7 Å². The van der Waals surface area contributed by atoms with E-state index in [1.54, 1.807) is 56.6 Å². The number of carbonyl (C=O) groups is 2. The zero-order chi connectivity index (χ0) is 20.8. The molecule has 0 fully saturated rings. The van der Waals surface area contributed by atoms with Crippen LogP contribution < -0.4 is 11.1 Å². The van der Waals surface area contributed by atoms with Gasteiger partial charge >= 0.3 is 0 Å². The number of aromatic nitrogens is 1. The lowest BCUT2D eigenvalue weighted by atomic mass is 9.91. The topological polar surface area (TPSA) is 114 Å². The van der Waals surface area contributed by atoms with Gasteiger partial charge in [-0.2, -0.15) is 0 Å². The number of hydrogen-bond acceptors (Lipinski definition) is 6. The van der Waals surface area contributed by atoms with Crippen LogP contribution in [0.5, 0.6) is 0 Å². The van der Waals surface area contributed by atoms with Gasteiger partial charge in [0.05, 0.1) is 12.1 Å². The smallest absolute Gasteiger partial charge is 0.291 e. The minimum Gasteiger partial charge on any atom is -0.451 e. The van der Waals surface area contributed by atoms with Crippen molar-refractivity contribution in [3.8, 4) is 0 Å². The Morgan fingerprint density at radius 3 is 2.86 bits per heavy atom. The molecule has 0 bridgehead atoms. The van der Waals surface area contributed by atoms with E-state index in [9.17, 15) is 9.59 Å². The van der Waals surface area contributed by atoms with Crippen LogP contribution in [0.15, 0.2) is 52.0 Å². The summed E-state index contributed by atoms with van der Waals surface area (Å²) < 4.78 is 5.59. The number of nitrogens with one attached hydrogen (secondary N) is 1. The summed E-state index contributed by atoms with van der Waals surface area (Å²) in [6, 6.07) is 10.1.